The standard InChI is InChI=1S/C21H23N3O2S/c1-22-20(25)16-6-4-15(5-7-16)12-24(2)13-18-14-27-21(23-18)17-8-10-19(26-3)11-9-17/h4-11,14H,12-13H2,1-3H3,(H,22,25)/p+1. The van der Waals surface area contributed by atoms with Gasteiger partial charge in [0.15, 0.2) is 0 Å². The molecule has 0 radical (unpaired) electrons. The highest BCUT2D eigenvalue weighted by Gasteiger charge is 2.11. The molecule has 0 spiro atoms. The zero-order chi connectivity index (χ0) is 19.2. The van der Waals surface area contributed by atoms with E-state index in [9.17, 15) is 4.79 Å². The van der Waals surface area contributed by atoms with Crippen molar-refractivity contribution in [3.05, 3.63) is 70.7 Å². The quantitative estimate of drug-likeness (QED) is 0.660. The highest BCUT2D eigenvalue weighted by Crippen LogP contribution is 2.25. The van der Waals surface area contributed by atoms with Gasteiger partial charge in [0, 0.05) is 29.1 Å². The monoisotopic (exact) mass is 382 g/mol. The summed E-state index contributed by atoms with van der Waals surface area (Å²) in [5.41, 5.74) is 4.08. The van der Waals surface area contributed by atoms with Crippen molar-refractivity contribution in [2.75, 3.05) is 21.2 Å². The molecule has 1 unspecified atom stereocenters. The summed E-state index contributed by atoms with van der Waals surface area (Å²) in [6.45, 7) is 1.73. The molecule has 0 saturated carbocycles. The van der Waals surface area contributed by atoms with Gasteiger partial charge in [-0.05, 0) is 36.4 Å². The Bertz CT molecular complexity index is 889. The summed E-state index contributed by atoms with van der Waals surface area (Å²) in [5.74, 6) is 0.790. The number of quaternary nitrogens is 1. The number of thiazole rings is 1. The highest BCUT2D eigenvalue weighted by atomic mass is 32.1. The topological polar surface area (TPSA) is 55.7 Å². The van der Waals surface area contributed by atoms with E-state index in [1.54, 1.807) is 25.5 Å². The molecular formula is C21H24N3O2S+. The first-order valence-corrected chi connectivity index (χ1v) is 9.68. The first-order chi connectivity index (χ1) is 13.1. The molecule has 140 valence electrons. The van der Waals surface area contributed by atoms with Crippen molar-refractivity contribution in [1.29, 1.82) is 0 Å². The van der Waals surface area contributed by atoms with Gasteiger partial charge >= 0.3 is 0 Å². The number of carbonyl (C=O) groups is 1. The average molecular weight is 383 g/mol. The van der Waals surface area contributed by atoms with Crippen molar-refractivity contribution in [2.45, 2.75) is 13.1 Å². The van der Waals surface area contributed by atoms with Crippen molar-refractivity contribution >= 4 is 17.2 Å². The van der Waals surface area contributed by atoms with Crippen LogP contribution in [0.2, 0.25) is 0 Å². The van der Waals surface area contributed by atoms with Gasteiger partial charge in [-0.2, -0.15) is 0 Å². The van der Waals surface area contributed by atoms with Gasteiger partial charge in [0.2, 0.25) is 0 Å². The Hall–Kier alpha value is -2.70. The van der Waals surface area contributed by atoms with Gasteiger partial charge in [-0.3, -0.25) is 4.79 Å². The summed E-state index contributed by atoms with van der Waals surface area (Å²) < 4.78 is 5.20. The Balaban J connectivity index is 1.60. The van der Waals surface area contributed by atoms with E-state index in [2.05, 4.69) is 17.7 Å². The first-order valence-electron chi connectivity index (χ1n) is 8.80. The SMILES string of the molecule is CNC(=O)c1ccc(C[NH+](C)Cc2csc(-c3ccc(OC)cc3)n2)cc1. The van der Waals surface area contributed by atoms with Gasteiger partial charge < -0.3 is 15.0 Å². The Morgan fingerprint density at radius 2 is 1.81 bits per heavy atom. The molecule has 0 fully saturated rings. The molecule has 5 nitrogen and oxygen atoms in total. The fraction of sp³-hybridized carbons (Fsp3) is 0.238. The smallest absolute Gasteiger partial charge is 0.251 e. The second-order valence-electron chi connectivity index (χ2n) is 6.46. The molecule has 1 amide bonds. The summed E-state index contributed by atoms with van der Waals surface area (Å²) >= 11 is 1.66. The number of methoxy groups -OCH3 is 1. The number of rotatable bonds is 7. The van der Waals surface area contributed by atoms with Crippen LogP contribution in [0.15, 0.2) is 53.9 Å². The fourth-order valence-electron chi connectivity index (χ4n) is 2.89. The zero-order valence-electron chi connectivity index (χ0n) is 15.8. The molecule has 0 aliphatic rings. The molecule has 1 heterocycles. The molecule has 0 aliphatic carbocycles. The van der Waals surface area contributed by atoms with Gasteiger partial charge in [-0.1, -0.05) is 12.1 Å². The lowest BCUT2D eigenvalue weighted by atomic mass is 10.1. The molecule has 2 N–H and O–H groups in total. The summed E-state index contributed by atoms with van der Waals surface area (Å²) in [6.07, 6.45) is 0. The number of benzene rings is 2. The number of amides is 1. The van der Waals surface area contributed by atoms with Crippen LogP contribution in [0.1, 0.15) is 21.6 Å². The largest absolute Gasteiger partial charge is 0.497 e. The Labute approximate surface area is 163 Å². The maximum absolute atomic E-state index is 11.6. The number of nitrogens with one attached hydrogen (secondary N) is 2. The van der Waals surface area contributed by atoms with Gasteiger partial charge in [-0.15, -0.1) is 11.3 Å². The fourth-order valence-corrected chi connectivity index (χ4v) is 3.72. The minimum Gasteiger partial charge on any atom is -0.497 e. The van der Waals surface area contributed by atoms with Gasteiger partial charge in [0.25, 0.3) is 5.91 Å². The van der Waals surface area contributed by atoms with Gasteiger partial charge in [-0.25, -0.2) is 4.98 Å². The number of ether oxygens (including phenoxy) is 1. The summed E-state index contributed by atoms with van der Waals surface area (Å²) in [5, 5.41) is 5.78. The number of hydrogen-bond donors (Lipinski definition) is 2. The highest BCUT2D eigenvalue weighted by molar-refractivity contribution is 7.13. The van der Waals surface area contributed by atoms with Crippen LogP contribution in [-0.4, -0.2) is 32.1 Å². The Morgan fingerprint density at radius 3 is 2.44 bits per heavy atom. The molecule has 3 aromatic rings. The molecule has 3 rings (SSSR count). The Morgan fingerprint density at radius 1 is 1.11 bits per heavy atom. The molecule has 0 saturated heterocycles. The molecule has 0 aliphatic heterocycles. The van der Waals surface area contributed by atoms with Crippen LogP contribution in [0.4, 0.5) is 0 Å². The molecule has 0 bridgehead atoms. The van der Waals surface area contributed by atoms with Crippen LogP contribution < -0.4 is 15.0 Å². The number of nitrogens with zero attached hydrogens (tertiary/aromatic N) is 1. The molecular weight excluding hydrogens is 358 g/mol. The van der Waals surface area contributed by atoms with E-state index in [-0.39, 0.29) is 5.91 Å². The summed E-state index contributed by atoms with van der Waals surface area (Å²) in [7, 11) is 5.46. The molecule has 1 aromatic heterocycles. The summed E-state index contributed by atoms with van der Waals surface area (Å²) in [4.78, 5) is 17.7. The van der Waals surface area contributed by atoms with Crippen LogP contribution in [0.3, 0.4) is 0 Å². The maximum Gasteiger partial charge on any atom is 0.251 e. The van der Waals surface area contributed by atoms with E-state index in [4.69, 9.17) is 9.72 Å². The van der Waals surface area contributed by atoms with Crippen molar-refractivity contribution < 1.29 is 14.4 Å². The number of carbonyl (C=O) groups excluding carboxylic acids is 1. The van der Waals surface area contributed by atoms with E-state index >= 15 is 0 Å². The third-order valence-electron chi connectivity index (χ3n) is 4.32. The predicted molar refractivity (Wildman–Crippen MR) is 108 cm³/mol. The van der Waals surface area contributed by atoms with Crippen LogP contribution in [-0.2, 0) is 13.1 Å². The van der Waals surface area contributed by atoms with Crippen molar-refractivity contribution in [1.82, 2.24) is 10.3 Å². The molecule has 2 aromatic carbocycles. The van der Waals surface area contributed by atoms with Gasteiger partial charge in [0.05, 0.1) is 14.2 Å². The minimum absolute atomic E-state index is 0.0595. The first kappa shape index (κ1) is 19.1. The third kappa shape index (κ3) is 4.93. The molecule has 6 heteroatoms. The average Bonchev–Trinajstić information content (AvgIpc) is 3.16. The van der Waals surface area contributed by atoms with Crippen LogP contribution in [0.25, 0.3) is 10.6 Å². The lowest BCUT2D eigenvalue weighted by Gasteiger charge is -2.13. The van der Waals surface area contributed by atoms with E-state index in [0.29, 0.717) is 5.56 Å². The van der Waals surface area contributed by atoms with Crippen LogP contribution in [0, 0.1) is 0 Å². The van der Waals surface area contributed by atoms with Crippen molar-refractivity contribution in [3.8, 4) is 16.3 Å². The summed E-state index contributed by atoms with van der Waals surface area (Å²) in [6, 6.07) is 15.7. The van der Waals surface area contributed by atoms with E-state index in [0.717, 1.165) is 35.1 Å². The second kappa shape index (κ2) is 8.79. The maximum atomic E-state index is 11.6. The van der Waals surface area contributed by atoms with E-state index in [1.807, 2.05) is 48.5 Å². The van der Waals surface area contributed by atoms with Crippen molar-refractivity contribution in [2.24, 2.45) is 0 Å². The lowest BCUT2D eigenvalue weighted by Crippen LogP contribution is -3.06. The Kier molecular flexibility index (Phi) is 6.21. The number of aromatic nitrogens is 1. The molecule has 27 heavy (non-hydrogen) atoms. The van der Waals surface area contributed by atoms with Crippen LogP contribution in [0.5, 0.6) is 5.75 Å². The molecule has 1 atom stereocenters. The zero-order valence-corrected chi connectivity index (χ0v) is 16.6. The normalized spacial score (nSPS) is 11.8. The minimum atomic E-state index is -0.0595. The van der Waals surface area contributed by atoms with Gasteiger partial charge in [0.1, 0.15) is 29.5 Å². The third-order valence-corrected chi connectivity index (χ3v) is 5.26. The van der Waals surface area contributed by atoms with Crippen molar-refractivity contribution in [3.63, 3.8) is 0 Å². The second-order valence-corrected chi connectivity index (χ2v) is 7.32. The van der Waals surface area contributed by atoms with Crippen LogP contribution >= 0.6 is 11.3 Å². The number of hydrogen-bond acceptors (Lipinski definition) is 4. The van der Waals surface area contributed by atoms with E-state index < -0.39 is 0 Å². The predicted octanol–water partition coefficient (Wildman–Crippen LogP) is 2.39. The van der Waals surface area contributed by atoms with E-state index in [1.165, 1.54) is 10.5 Å². The lowest BCUT2D eigenvalue weighted by molar-refractivity contribution is -0.908.